The Labute approximate surface area is 149 Å². The molecule has 4 rings (SSSR count). The number of aromatic nitrogens is 3. The molecule has 25 heavy (non-hydrogen) atoms. The first-order chi connectivity index (χ1) is 12.3. The number of fused-ring (bicyclic) bond motifs is 1. The minimum absolute atomic E-state index is 0.0707. The fourth-order valence-corrected chi connectivity index (χ4v) is 3.55. The van der Waals surface area contributed by atoms with Gasteiger partial charge in [-0.2, -0.15) is 5.10 Å². The second kappa shape index (κ2) is 7.16. The first-order valence-electron chi connectivity index (χ1n) is 8.19. The van der Waals surface area contributed by atoms with Crippen molar-refractivity contribution >= 4 is 17.2 Å². The van der Waals surface area contributed by atoms with Gasteiger partial charge in [0.05, 0.1) is 29.4 Å². The van der Waals surface area contributed by atoms with Crippen LogP contribution in [0.4, 0.5) is 0 Å². The fraction of sp³-hybridized carbons (Fsp3) is 0.278. The molecule has 1 aliphatic rings. The van der Waals surface area contributed by atoms with Crippen molar-refractivity contribution in [2.75, 3.05) is 13.2 Å². The molecule has 1 aliphatic heterocycles. The molecule has 1 atom stereocenters. The predicted octanol–water partition coefficient (Wildman–Crippen LogP) is 2.43. The van der Waals surface area contributed by atoms with Crippen molar-refractivity contribution in [3.05, 3.63) is 69.9 Å². The number of carbonyl (C=O) groups excluding carboxylic acids is 1. The van der Waals surface area contributed by atoms with Crippen molar-refractivity contribution in [2.45, 2.75) is 19.1 Å². The number of ether oxygens (including phenoxy) is 1. The van der Waals surface area contributed by atoms with E-state index in [0.29, 0.717) is 24.6 Å². The summed E-state index contributed by atoms with van der Waals surface area (Å²) in [5, 5.41) is 9.50. The van der Waals surface area contributed by atoms with E-state index in [1.165, 1.54) is 16.9 Å². The summed E-state index contributed by atoms with van der Waals surface area (Å²) in [6, 6.07) is 9.54. The summed E-state index contributed by atoms with van der Waals surface area (Å²) in [6.45, 7) is 1.69. The Bertz CT molecular complexity index is 845. The van der Waals surface area contributed by atoms with Crippen LogP contribution in [-0.4, -0.2) is 33.8 Å². The third kappa shape index (κ3) is 3.62. The molecular formula is C18H18N4O2S. The molecule has 0 unspecified atom stereocenters. The average molecular weight is 354 g/mol. The van der Waals surface area contributed by atoms with Crippen LogP contribution in [0.3, 0.4) is 0 Å². The number of nitrogens with one attached hydrogen (secondary N) is 1. The first-order valence-corrected chi connectivity index (χ1v) is 9.07. The molecule has 0 spiro atoms. The molecule has 6 nitrogen and oxygen atoms in total. The highest BCUT2D eigenvalue weighted by molar-refractivity contribution is 7.12. The maximum Gasteiger partial charge on any atom is 0.261 e. The van der Waals surface area contributed by atoms with E-state index in [1.807, 2.05) is 40.4 Å². The van der Waals surface area contributed by atoms with Crippen molar-refractivity contribution < 1.29 is 9.53 Å². The summed E-state index contributed by atoms with van der Waals surface area (Å²) < 4.78 is 7.73. The van der Waals surface area contributed by atoms with E-state index in [-0.39, 0.29) is 12.0 Å². The Morgan fingerprint density at radius 2 is 2.32 bits per heavy atom. The van der Waals surface area contributed by atoms with Gasteiger partial charge in [0.15, 0.2) is 0 Å². The second-order valence-electron chi connectivity index (χ2n) is 5.85. The quantitative estimate of drug-likeness (QED) is 0.764. The Balaban J connectivity index is 1.45. The van der Waals surface area contributed by atoms with Gasteiger partial charge < -0.3 is 10.1 Å². The van der Waals surface area contributed by atoms with E-state index in [1.54, 1.807) is 6.20 Å². The van der Waals surface area contributed by atoms with Crippen LogP contribution in [0.5, 0.6) is 0 Å². The van der Waals surface area contributed by atoms with Crippen molar-refractivity contribution in [3.8, 4) is 0 Å². The number of hydrogen-bond acceptors (Lipinski definition) is 5. The monoisotopic (exact) mass is 354 g/mol. The van der Waals surface area contributed by atoms with E-state index in [9.17, 15) is 4.79 Å². The minimum Gasteiger partial charge on any atom is -0.370 e. The molecule has 0 aliphatic carbocycles. The highest BCUT2D eigenvalue weighted by Crippen LogP contribution is 2.25. The van der Waals surface area contributed by atoms with Gasteiger partial charge in [0.1, 0.15) is 6.10 Å². The smallest absolute Gasteiger partial charge is 0.261 e. The first kappa shape index (κ1) is 16.0. The highest BCUT2D eigenvalue weighted by atomic mass is 32.1. The van der Waals surface area contributed by atoms with E-state index in [2.05, 4.69) is 21.6 Å². The predicted molar refractivity (Wildman–Crippen MR) is 94.6 cm³/mol. The number of amides is 1. The molecule has 7 heteroatoms. The van der Waals surface area contributed by atoms with Gasteiger partial charge in [-0.05, 0) is 35.6 Å². The summed E-state index contributed by atoms with van der Waals surface area (Å²) in [5.41, 5.74) is 3.05. The third-order valence-corrected chi connectivity index (χ3v) is 4.98. The molecule has 0 saturated carbocycles. The molecule has 3 aromatic rings. The standard InChI is InChI=1S/C18H18N4O2S/c23-18(16-5-3-9-25-16)20-10-15-17-13(6-8-24-15)11-22(21-17)12-14-4-1-2-7-19-14/h1-5,7,9,11,15H,6,8,10,12H2,(H,20,23)/t15-/m0/s1. The molecule has 0 bridgehead atoms. The zero-order valence-electron chi connectivity index (χ0n) is 13.6. The number of pyridine rings is 1. The maximum atomic E-state index is 12.1. The largest absolute Gasteiger partial charge is 0.370 e. The van der Waals surface area contributed by atoms with Crippen LogP contribution >= 0.6 is 11.3 Å². The molecule has 0 radical (unpaired) electrons. The topological polar surface area (TPSA) is 69.0 Å². The molecule has 0 aromatic carbocycles. The zero-order valence-corrected chi connectivity index (χ0v) is 14.4. The number of carbonyl (C=O) groups is 1. The molecule has 0 fully saturated rings. The van der Waals surface area contributed by atoms with Crippen molar-refractivity contribution in [1.29, 1.82) is 0 Å². The Morgan fingerprint density at radius 3 is 3.12 bits per heavy atom. The summed E-state index contributed by atoms with van der Waals surface area (Å²) >= 11 is 1.43. The zero-order chi connectivity index (χ0) is 17.1. The lowest BCUT2D eigenvalue weighted by atomic mass is 10.1. The molecule has 3 aromatic heterocycles. The molecule has 4 heterocycles. The lowest BCUT2D eigenvalue weighted by molar-refractivity contribution is 0.0384. The van der Waals surface area contributed by atoms with Crippen LogP contribution in [0.2, 0.25) is 0 Å². The van der Waals surface area contributed by atoms with Crippen LogP contribution < -0.4 is 5.32 Å². The van der Waals surface area contributed by atoms with Gasteiger partial charge >= 0.3 is 0 Å². The van der Waals surface area contributed by atoms with Crippen LogP contribution in [0.1, 0.15) is 32.7 Å². The van der Waals surface area contributed by atoms with E-state index in [0.717, 1.165) is 17.8 Å². The lowest BCUT2D eigenvalue weighted by Crippen LogP contribution is -2.31. The molecule has 1 amide bonds. The Morgan fingerprint density at radius 1 is 1.36 bits per heavy atom. The highest BCUT2D eigenvalue weighted by Gasteiger charge is 2.25. The fourth-order valence-electron chi connectivity index (χ4n) is 2.91. The van der Waals surface area contributed by atoms with E-state index >= 15 is 0 Å². The molecule has 128 valence electrons. The summed E-state index contributed by atoms with van der Waals surface area (Å²) in [4.78, 5) is 17.2. The Kier molecular flexibility index (Phi) is 4.58. The molecular weight excluding hydrogens is 336 g/mol. The minimum atomic E-state index is -0.211. The SMILES string of the molecule is O=C(NC[C@@H]1OCCc2cn(Cc3ccccn3)nc21)c1cccs1. The number of nitrogens with zero attached hydrogens (tertiary/aromatic N) is 3. The van der Waals surface area contributed by atoms with Gasteiger partial charge in [-0.3, -0.25) is 14.5 Å². The van der Waals surface area contributed by atoms with E-state index < -0.39 is 0 Å². The van der Waals surface area contributed by atoms with Crippen LogP contribution in [-0.2, 0) is 17.7 Å². The van der Waals surface area contributed by atoms with Crippen molar-refractivity contribution in [2.24, 2.45) is 0 Å². The van der Waals surface area contributed by atoms with Gasteiger partial charge in [-0.1, -0.05) is 12.1 Å². The van der Waals surface area contributed by atoms with Crippen molar-refractivity contribution in [1.82, 2.24) is 20.1 Å². The molecule has 0 saturated heterocycles. The van der Waals surface area contributed by atoms with Gasteiger partial charge in [0.2, 0.25) is 0 Å². The molecule has 1 N–H and O–H groups in total. The van der Waals surface area contributed by atoms with Gasteiger partial charge in [0, 0.05) is 18.9 Å². The normalized spacial score (nSPS) is 16.4. The summed E-state index contributed by atoms with van der Waals surface area (Å²) in [7, 11) is 0. The Hall–Kier alpha value is -2.51. The van der Waals surface area contributed by atoms with Gasteiger partial charge in [0.25, 0.3) is 5.91 Å². The third-order valence-electron chi connectivity index (χ3n) is 4.11. The maximum absolute atomic E-state index is 12.1. The van der Waals surface area contributed by atoms with Gasteiger partial charge in [-0.15, -0.1) is 11.3 Å². The number of thiophene rings is 1. The second-order valence-corrected chi connectivity index (χ2v) is 6.80. The van der Waals surface area contributed by atoms with Crippen LogP contribution in [0.15, 0.2) is 48.1 Å². The summed E-state index contributed by atoms with van der Waals surface area (Å²) in [5.74, 6) is -0.0707. The van der Waals surface area contributed by atoms with Crippen molar-refractivity contribution in [3.63, 3.8) is 0 Å². The number of rotatable bonds is 5. The average Bonchev–Trinajstić information content (AvgIpc) is 3.30. The lowest BCUT2D eigenvalue weighted by Gasteiger charge is -2.22. The van der Waals surface area contributed by atoms with E-state index in [4.69, 9.17) is 4.74 Å². The van der Waals surface area contributed by atoms with Crippen LogP contribution in [0.25, 0.3) is 0 Å². The van der Waals surface area contributed by atoms with Gasteiger partial charge in [-0.25, -0.2) is 0 Å². The number of hydrogen-bond donors (Lipinski definition) is 1. The van der Waals surface area contributed by atoms with Crippen LogP contribution in [0, 0.1) is 0 Å². The summed E-state index contributed by atoms with van der Waals surface area (Å²) in [6.07, 6.45) is 4.47.